The number of amides is 1. The van der Waals surface area contributed by atoms with Crippen LogP contribution >= 0.6 is 11.3 Å². The number of carbonyl (C=O) groups excluding carboxylic acids is 1. The summed E-state index contributed by atoms with van der Waals surface area (Å²) in [7, 11) is 1.76. The molecule has 0 unspecified atom stereocenters. The molecule has 4 aromatic rings. The Morgan fingerprint density at radius 2 is 1.61 bits per heavy atom. The van der Waals surface area contributed by atoms with Gasteiger partial charge < -0.3 is 4.90 Å². The van der Waals surface area contributed by atoms with Crippen LogP contribution in [0.1, 0.15) is 21.5 Å². The predicted molar refractivity (Wildman–Crippen MR) is 146 cm³/mol. The number of anilines is 1. The lowest BCUT2D eigenvalue weighted by Gasteiger charge is -2.22. The van der Waals surface area contributed by atoms with E-state index in [0.29, 0.717) is 23.8 Å². The van der Waals surface area contributed by atoms with Crippen LogP contribution in [0, 0.1) is 6.92 Å². The molecule has 1 aromatic heterocycles. The Balaban J connectivity index is 1.58. The summed E-state index contributed by atoms with van der Waals surface area (Å²) in [4.78, 5) is 22.1. The van der Waals surface area contributed by atoms with E-state index in [1.54, 1.807) is 24.1 Å². The maximum absolute atomic E-state index is 13.6. The number of fused-ring (bicyclic) bond motifs is 1. The van der Waals surface area contributed by atoms with Crippen LogP contribution in [-0.4, -0.2) is 62.7 Å². The molecule has 0 aliphatic heterocycles. The molecule has 1 amide bonds. The molecule has 0 aliphatic carbocycles. The Kier molecular flexibility index (Phi) is 7.85. The van der Waals surface area contributed by atoms with Crippen LogP contribution < -0.4 is 4.90 Å². The minimum absolute atomic E-state index is 0.146. The minimum Gasteiger partial charge on any atom is -0.308 e. The molecule has 1 heterocycles. The zero-order valence-corrected chi connectivity index (χ0v) is 22.5. The monoisotopic (exact) mass is 522 g/mol. The molecule has 9 heteroatoms. The minimum atomic E-state index is -3.70. The average molecular weight is 523 g/mol. The van der Waals surface area contributed by atoms with Gasteiger partial charge in [0.15, 0.2) is 5.13 Å². The van der Waals surface area contributed by atoms with Gasteiger partial charge in [0, 0.05) is 32.2 Å². The van der Waals surface area contributed by atoms with Crippen molar-refractivity contribution in [3.8, 4) is 0 Å². The van der Waals surface area contributed by atoms with Crippen LogP contribution in [0.4, 0.5) is 5.13 Å². The highest BCUT2D eigenvalue weighted by Crippen LogP contribution is 2.30. The van der Waals surface area contributed by atoms with Gasteiger partial charge >= 0.3 is 0 Å². The van der Waals surface area contributed by atoms with Gasteiger partial charge in [-0.1, -0.05) is 47.7 Å². The second-order valence-electron chi connectivity index (χ2n) is 9.00. The zero-order valence-electron chi connectivity index (χ0n) is 20.9. The summed E-state index contributed by atoms with van der Waals surface area (Å²) in [5.41, 5.74) is 3.30. The Hall–Kier alpha value is -3.11. The standard InChI is InChI=1S/C27H30N4O3S2/c1-20-10-15-24-25(18-20)35-27(28-24)31(17-16-29(2)3)26(32)22-11-13-23(14-12-22)36(33,34)30(4)19-21-8-6-5-7-9-21/h5-15,18H,16-17,19H2,1-4H3. The summed E-state index contributed by atoms with van der Waals surface area (Å²) in [6, 6.07) is 21.6. The van der Waals surface area contributed by atoms with Gasteiger partial charge in [-0.2, -0.15) is 4.31 Å². The van der Waals surface area contributed by atoms with Gasteiger partial charge in [0.25, 0.3) is 5.91 Å². The van der Waals surface area contributed by atoms with Crippen molar-refractivity contribution in [1.82, 2.24) is 14.2 Å². The molecule has 0 atom stereocenters. The summed E-state index contributed by atoms with van der Waals surface area (Å²) < 4.78 is 28.5. The van der Waals surface area contributed by atoms with Crippen LogP contribution in [0.5, 0.6) is 0 Å². The second kappa shape index (κ2) is 10.9. The molecule has 188 valence electrons. The molecule has 36 heavy (non-hydrogen) atoms. The lowest BCUT2D eigenvalue weighted by Crippen LogP contribution is -2.36. The quantitative estimate of drug-likeness (QED) is 0.320. The third-order valence-corrected chi connectivity index (χ3v) is 8.70. The van der Waals surface area contributed by atoms with E-state index in [1.165, 1.54) is 27.8 Å². The Bertz CT molecular complexity index is 1450. The van der Waals surface area contributed by atoms with E-state index >= 15 is 0 Å². The number of sulfonamides is 1. The fraction of sp³-hybridized carbons (Fsp3) is 0.259. The number of carbonyl (C=O) groups is 1. The fourth-order valence-corrected chi connectivity index (χ4v) is 6.00. The maximum Gasteiger partial charge on any atom is 0.260 e. The molecule has 0 saturated heterocycles. The first-order valence-electron chi connectivity index (χ1n) is 11.6. The predicted octanol–water partition coefficient (Wildman–Crippen LogP) is 4.63. The highest BCUT2D eigenvalue weighted by atomic mass is 32.2. The first-order valence-corrected chi connectivity index (χ1v) is 13.8. The highest BCUT2D eigenvalue weighted by molar-refractivity contribution is 7.89. The summed E-state index contributed by atoms with van der Waals surface area (Å²) in [5.74, 6) is -0.214. The van der Waals surface area contributed by atoms with Crippen LogP contribution in [0.2, 0.25) is 0 Å². The van der Waals surface area contributed by atoms with Crippen molar-refractivity contribution in [2.45, 2.75) is 18.4 Å². The molecular weight excluding hydrogens is 492 g/mol. The van der Waals surface area contributed by atoms with Crippen molar-refractivity contribution in [3.63, 3.8) is 0 Å². The molecule has 0 saturated carbocycles. The topological polar surface area (TPSA) is 73.8 Å². The van der Waals surface area contributed by atoms with E-state index in [9.17, 15) is 13.2 Å². The van der Waals surface area contributed by atoms with Crippen molar-refractivity contribution < 1.29 is 13.2 Å². The van der Waals surface area contributed by atoms with Crippen LogP contribution in [0.15, 0.2) is 77.7 Å². The number of hydrogen-bond acceptors (Lipinski definition) is 6. The summed E-state index contributed by atoms with van der Waals surface area (Å²) in [6.45, 7) is 3.42. The smallest absolute Gasteiger partial charge is 0.260 e. The van der Waals surface area contributed by atoms with E-state index in [0.717, 1.165) is 21.3 Å². The average Bonchev–Trinajstić information content (AvgIpc) is 3.27. The van der Waals surface area contributed by atoms with Crippen molar-refractivity contribution in [1.29, 1.82) is 0 Å². The van der Waals surface area contributed by atoms with Gasteiger partial charge in [0.1, 0.15) is 0 Å². The van der Waals surface area contributed by atoms with Crippen molar-refractivity contribution in [3.05, 3.63) is 89.5 Å². The third-order valence-electron chi connectivity index (χ3n) is 5.84. The van der Waals surface area contributed by atoms with Crippen LogP contribution in [0.3, 0.4) is 0 Å². The number of nitrogens with zero attached hydrogens (tertiary/aromatic N) is 4. The molecule has 0 fully saturated rings. The molecule has 0 radical (unpaired) electrons. The summed E-state index contributed by atoms with van der Waals surface area (Å²) >= 11 is 1.48. The lowest BCUT2D eigenvalue weighted by atomic mass is 10.2. The van der Waals surface area contributed by atoms with Gasteiger partial charge in [-0.25, -0.2) is 13.4 Å². The number of hydrogen-bond donors (Lipinski definition) is 0. The van der Waals surface area contributed by atoms with E-state index < -0.39 is 10.0 Å². The number of thiazole rings is 1. The van der Waals surface area contributed by atoms with E-state index in [-0.39, 0.29) is 17.3 Å². The normalized spacial score (nSPS) is 11.9. The molecule has 0 spiro atoms. The first-order chi connectivity index (χ1) is 17.1. The summed E-state index contributed by atoms with van der Waals surface area (Å²) in [5, 5.41) is 0.627. The van der Waals surface area contributed by atoms with Gasteiger partial charge in [-0.05, 0) is 68.5 Å². The molecule has 7 nitrogen and oxygen atoms in total. The molecule has 4 rings (SSSR count). The van der Waals surface area contributed by atoms with Crippen molar-refractivity contribution >= 4 is 42.6 Å². The SMILES string of the molecule is Cc1ccc2nc(N(CCN(C)C)C(=O)c3ccc(S(=O)(=O)N(C)Cc4ccccc4)cc3)sc2c1. The Morgan fingerprint density at radius 1 is 0.917 bits per heavy atom. The largest absolute Gasteiger partial charge is 0.308 e. The number of rotatable bonds is 9. The molecule has 3 aromatic carbocycles. The van der Waals surface area contributed by atoms with Gasteiger partial charge in [-0.15, -0.1) is 0 Å². The third kappa shape index (κ3) is 5.82. The molecule has 0 bridgehead atoms. The number of benzene rings is 3. The Labute approximate surface area is 216 Å². The summed E-state index contributed by atoms with van der Waals surface area (Å²) in [6.07, 6.45) is 0. The number of likely N-dealkylation sites (N-methyl/N-ethyl adjacent to an activating group) is 1. The van der Waals surface area contributed by atoms with Crippen molar-refractivity contribution in [2.24, 2.45) is 0 Å². The second-order valence-corrected chi connectivity index (χ2v) is 12.1. The fourth-order valence-electron chi connectivity index (χ4n) is 3.75. The van der Waals surface area contributed by atoms with E-state index in [4.69, 9.17) is 4.98 Å². The number of aromatic nitrogens is 1. The van der Waals surface area contributed by atoms with Crippen LogP contribution in [-0.2, 0) is 16.6 Å². The highest BCUT2D eigenvalue weighted by Gasteiger charge is 2.24. The molecule has 0 aliphatic rings. The van der Waals surface area contributed by atoms with Gasteiger partial charge in [0.2, 0.25) is 10.0 Å². The van der Waals surface area contributed by atoms with Crippen molar-refractivity contribution in [2.75, 3.05) is 39.1 Å². The molecular formula is C27H30N4O3S2. The van der Waals surface area contributed by atoms with Gasteiger partial charge in [-0.3, -0.25) is 9.69 Å². The van der Waals surface area contributed by atoms with Crippen LogP contribution in [0.25, 0.3) is 10.2 Å². The zero-order chi connectivity index (χ0) is 25.9. The van der Waals surface area contributed by atoms with Gasteiger partial charge in [0.05, 0.1) is 15.1 Å². The van der Waals surface area contributed by atoms with E-state index in [1.807, 2.05) is 68.4 Å². The molecule has 0 N–H and O–H groups in total. The number of aryl methyl sites for hydroxylation is 1. The Morgan fingerprint density at radius 3 is 2.28 bits per heavy atom. The lowest BCUT2D eigenvalue weighted by molar-refractivity contribution is 0.0985. The maximum atomic E-state index is 13.6. The van der Waals surface area contributed by atoms with E-state index in [2.05, 4.69) is 6.07 Å². The first kappa shape index (κ1) is 26.0.